The van der Waals surface area contributed by atoms with Gasteiger partial charge in [-0.2, -0.15) is 0 Å². The zero-order chi connectivity index (χ0) is 11.7. The first-order chi connectivity index (χ1) is 6.82. The Labute approximate surface area is 91.8 Å². The summed E-state index contributed by atoms with van der Waals surface area (Å²) in [6.07, 6.45) is 4.75. The van der Waals surface area contributed by atoms with Crippen molar-refractivity contribution in [2.45, 2.75) is 65.1 Å². The average Bonchev–Trinajstić information content (AvgIpc) is 2.80. The second kappa shape index (κ2) is 4.12. The van der Waals surface area contributed by atoms with Crippen LogP contribution in [0.1, 0.15) is 53.4 Å². The van der Waals surface area contributed by atoms with Crippen LogP contribution < -0.4 is 0 Å². The summed E-state index contributed by atoms with van der Waals surface area (Å²) >= 11 is 0. The summed E-state index contributed by atoms with van der Waals surface area (Å²) in [4.78, 5) is 9.37. The van der Waals surface area contributed by atoms with E-state index in [0.717, 1.165) is 0 Å². The highest BCUT2D eigenvalue weighted by Crippen LogP contribution is 2.55. The van der Waals surface area contributed by atoms with Crippen molar-refractivity contribution in [3.63, 3.8) is 0 Å². The zero-order valence-corrected chi connectivity index (χ0v) is 10.2. The van der Waals surface area contributed by atoms with Gasteiger partial charge in [-0.25, -0.2) is 0 Å². The van der Waals surface area contributed by atoms with Gasteiger partial charge in [-0.3, -0.25) is 4.79 Å². The molecule has 2 atom stereocenters. The molecule has 3 nitrogen and oxygen atoms in total. The van der Waals surface area contributed by atoms with Crippen LogP contribution in [0, 0.1) is 5.41 Å². The molecule has 0 bridgehead atoms. The fourth-order valence-electron chi connectivity index (χ4n) is 2.44. The van der Waals surface area contributed by atoms with Gasteiger partial charge in [-0.1, -0.05) is 20.8 Å². The smallest absolute Gasteiger partial charge is 0.303 e. The van der Waals surface area contributed by atoms with Crippen LogP contribution in [-0.4, -0.2) is 22.8 Å². The van der Waals surface area contributed by atoms with Crippen LogP contribution in [0.2, 0.25) is 0 Å². The van der Waals surface area contributed by atoms with E-state index in [1.165, 1.54) is 19.3 Å². The molecule has 0 aromatic carbocycles. The van der Waals surface area contributed by atoms with E-state index in [4.69, 9.17) is 9.84 Å². The van der Waals surface area contributed by atoms with Gasteiger partial charge in [0.05, 0.1) is 11.7 Å². The van der Waals surface area contributed by atoms with Gasteiger partial charge >= 0.3 is 5.97 Å². The lowest BCUT2D eigenvalue weighted by Crippen LogP contribution is -2.30. The number of carboxylic acid groups (broad SMARTS) is 1. The lowest BCUT2D eigenvalue weighted by Gasteiger charge is -2.28. The molecule has 0 spiro atoms. The highest BCUT2D eigenvalue weighted by molar-refractivity contribution is 5.66. The molecule has 2 rings (SSSR count). The summed E-state index contributed by atoms with van der Waals surface area (Å²) in [6.45, 7) is 8.49. The number of hydrogen-bond acceptors (Lipinski definition) is 2. The van der Waals surface area contributed by atoms with Crippen LogP contribution in [0.15, 0.2) is 0 Å². The molecule has 2 fully saturated rings. The van der Waals surface area contributed by atoms with Crippen molar-refractivity contribution in [1.29, 1.82) is 0 Å². The van der Waals surface area contributed by atoms with Crippen LogP contribution in [-0.2, 0) is 9.53 Å². The number of carboxylic acids is 1. The standard InChI is InChI=1S/C9H16O.C3H6O2/c1-8(2)5-4-6-9(3)7(8)10-9;1-2-3(4)5/h7H,4-6H2,1-3H3;2H2,1H3,(H,4,5). The third kappa shape index (κ3) is 2.94. The summed E-state index contributed by atoms with van der Waals surface area (Å²) in [6, 6.07) is 0. The number of hydrogen-bond donors (Lipinski definition) is 1. The van der Waals surface area contributed by atoms with E-state index in [1.54, 1.807) is 6.92 Å². The minimum atomic E-state index is -0.745. The Kier molecular flexibility index (Phi) is 3.44. The van der Waals surface area contributed by atoms with Crippen LogP contribution in [0.3, 0.4) is 0 Å². The average molecular weight is 214 g/mol. The predicted octanol–water partition coefficient (Wildman–Crippen LogP) is 2.84. The SMILES string of the molecule is CC1(C)CCCC2(C)OC12.CCC(=O)O. The number of fused-ring (bicyclic) bond motifs is 1. The van der Waals surface area contributed by atoms with Gasteiger partial charge in [0.25, 0.3) is 0 Å². The van der Waals surface area contributed by atoms with E-state index in [9.17, 15) is 4.79 Å². The lowest BCUT2D eigenvalue weighted by atomic mass is 9.73. The second-order valence-corrected chi connectivity index (χ2v) is 5.40. The molecular weight excluding hydrogens is 192 g/mol. The normalized spacial score (nSPS) is 35.9. The van der Waals surface area contributed by atoms with E-state index in [1.807, 2.05) is 0 Å². The molecule has 0 aromatic rings. The third-order valence-corrected chi connectivity index (χ3v) is 3.39. The molecule has 1 N–H and O–H groups in total. The number of ether oxygens (including phenoxy) is 1. The predicted molar refractivity (Wildman–Crippen MR) is 58.8 cm³/mol. The summed E-state index contributed by atoms with van der Waals surface area (Å²) in [5.74, 6) is -0.745. The minimum absolute atomic E-state index is 0.222. The maximum Gasteiger partial charge on any atom is 0.303 e. The number of epoxide rings is 1. The van der Waals surface area contributed by atoms with Crippen molar-refractivity contribution >= 4 is 5.97 Å². The van der Waals surface area contributed by atoms with Crippen LogP contribution in [0.4, 0.5) is 0 Å². The zero-order valence-electron chi connectivity index (χ0n) is 10.2. The van der Waals surface area contributed by atoms with E-state index in [-0.39, 0.29) is 12.0 Å². The van der Waals surface area contributed by atoms with E-state index in [0.29, 0.717) is 11.5 Å². The van der Waals surface area contributed by atoms with E-state index in [2.05, 4.69) is 20.8 Å². The molecule has 3 heteroatoms. The molecule has 2 unspecified atom stereocenters. The molecule has 1 saturated carbocycles. The highest BCUT2D eigenvalue weighted by atomic mass is 16.6. The minimum Gasteiger partial charge on any atom is -0.481 e. The summed E-state index contributed by atoms with van der Waals surface area (Å²) < 4.78 is 5.68. The molecule has 0 amide bonds. The van der Waals surface area contributed by atoms with Crippen molar-refractivity contribution in [1.82, 2.24) is 0 Å². The number of rotatable bonds is 1. The lowest BCUT2D eigenvalue weighted by molar-refractivity contribution is -0.136. The molecule has 0 aromatic heterocycles. The molecule has 1 saturated heterocycles. The van der Waals surface area contributed by atoms with Gasteiger partial charge in [0, 0.05) is 6.42 Å². The molecule has 88 valence electrons. The topological polar surface area (TPSA) is 49.8 Å². The Morgan fingerprint density at radius 2 is 1.93 bits per heavy atom. The van der Waals surface area contributed by atoms with Crippen molar-refractivity contribution in [3.05, 3.63) is 0 Å². The highest BCUT2D eigenvalue weighted by Gasteiger charge is 2.61. The van der Waals surface area contributed by atoms with Crippen LogP contribution in [0.5, 0.6) is 0 Å². The van der Waals surface area contributed by atoms with Crippen molar-refractivity contribution < 1.29 is 14.6 Å². The molecule has 2 aliphatic rings. The van der Waals surface area contributed by atoms with Gasteiger partial charge in [-0.05, 0) is 31.6 Å². The van der Waals surface area contributed by atoms with Gasteiger partial charge in [0.2, 0.25) is 0 Å². The molecule has 0 radical (unpaired) electrons. The van der Waals surface area contributed by atoms with Gasteiger partial charge in [0.1, 0.15) is 0 Å². The monoisotopic (exact) mass is 214 g/mol. The molecule has 1 heterocycles. The van der Waals surface area contributed by atoms with Crippen LogP contribution >= 0.6 is 0 Å². The Bertz CT molecular complexity index is 247. The maximum atomic E-state index is 9.37. The fraction of sp³-hybridized carbons (Fsp3) is 0.917. The Hall–Kier alpha value is -0.570. The van der Waals surface area contributed by atoms with Crippen LogP contribution in [0.25, 0.3) is 0 Å². The van der Waals surface area contributed by atoms with Crippen molar-refractivity contribution in [2.24, 2.45) is 5.41 Å². The first-order valence-electron chi connectivity index (χ1n) is 5.71. The molecule has 1 aliphatic heterocycles. The first-order valence-corrected chi connectivity index (χ1v) is 5.71. The van der Waals surface area contributed by atoms with Gasteiger partial charge in [0.15, 0.2) is 0 Å². The molecule has 1 aliphatic carbocycles. The fourth-order valence-corrected chi connectivity index (χ4v) is 2.44. The quantitative estimate of drug-likeness (QED) is 0.683. The number of aliphatic carboxylic acids is 1. The van der Waals surface area contributed by atoms with Crippen molar-refractivity contribution in [3.8, 4) is 0 Å². The van der Waals surface area contributed by atoms with E-state index < -0.39 is 5.97 Å². The Balaban J connectivity index is 0.000000195. The van der Waals surface area contributed by atoms with Crippen molar-refractivity contribution in [2.75, 3.05) is 0 Å². The first kappa shape index (κ1) is 12.5. The van der Waals surface area contributed by atoms with Gasteiger partial charge in [-0.15, -0.1) is 0 Å². The summed E-state index contributed by atoms with van der Waals surface area (Å²) in [5, 5.41) is 7.72. The van der Waals surface area contributed by atoms with Gasteiger partial charge < -0.3 is 9.84 Å². The Morgan fingerprint density at radius 3 is 2.27 bits per heavy atom. The summed E-state index contributed by atoms with van der Waals surface area (Å²) in [7, 11) is 0. The molecule has 15 heavy (non-hydrogen) atoms. The third-order valence-electron chi connectivity index (χ3n) is 3.39. The van der Waals surface area contributed by atoms with E-state index >= 15 is 0 Å². The second-order valence-electron chi connectivity index (χ2n) is 5.40. The summed E-state index contributed by atoms with van der Waals surface area (Å²) in [5.41, 5.74) is 0.731. The number of carbonyl (C=O) groups is 1. The largest absolute Gasteiger partial charge is 0.481 e. The molecular formula is C12H22O3. The maximum absolute atomic E-state index is 9.37. The Morgan fingerprint density at radius 1 is 1.40 bits per heavy atom.